The smallest absolute Gasteiger partial charge is 0.250 e. The molecule has 0 aromatic heterocycles. The standard InChI is InChI=1S/C19H15BO/c1-14-7-6-8-15(13-14)20-16-9-2-4-11-18(16)21-19-12-5-3-10-17(19)20/h2-13H,1H3. The summed E-state index contributed by atoms with van der Waals surface area (Å²) in [5, 5.41) is 0. The maximum Gasteiger partial charge on any atom is 0.250 e. The van der Waals surface area contributed by atoms with Gasteiger partial charge in [0.1, 0.15) is 11.5 Å². The van der Waals surface area contributed by atoms with Crippen LogP contribution in [0.5, 0.6) is 11.5 Å². The Kier molecular flexibility index (Phi) is 2.82. The highest BCUT2D eigenvalue weighted by Gasteiger charge is 2.31. The molecule has 0 atom stereocenters. The van der Waals surface area contributed by atoms with Gasteiger partial charge in [-0.25, -0.2) is 0 Å². The van der Waals surface area contributed by atoms with Crippen LogP contribution in [-0.4, -0.2) is 6.71 Å². The highest BCUT2D eigenvalue weighted by molar-refractivity contribution is 6.96. The zero-order chi connectivity index (χ0) is 14.2. The molecule has 0 saturated carbocycles. The van der Waals surface area contributed by atoms with E-state index >= 15 is 0 Å². The summed E-state index contributed by atoms with van der Waals surface area (Å²) >= 11 is 0. The van der Waals surface area contributed by atoms with Gasteiger partial charge in [0.2, 0.25) is 0 Å². The number of rotatable bonds is 1. The molecule has 4 rings (SSSR count). The van der Waals surface area contributed by atoms with Crippen LogP contribution < -0.4 is 21.1 Å². The molecule has 3 aromatic rings. The summed E-state index contributed by atoms with van der Waals surface area (Å²) in [6, 6.07) is 25.4. The van der Waals surface area contributed by atoms with Gasteiger partial charge in [0.05, 0.1) is 0 Å². The van der Waals surface area contributed by atoms with Gasteiger partial charge in [0, 0.05) is 0 Å². The summed E-state index contributed by atoms with van der Waals surface area (Å²) in [5.41, 5.74) is 5.08. The second-order valence-corrected chi connectivity index (χ2v) is 5.52. The molecule has 3 aromatic carbocycles. The summed E-state index contributed by atoms with van der Waals surface area (Å²) < 4.78 is 6.06. The highest BCUT2D eigenvalue weighted by atomic mass is 16.5. The zero-order valence-electron chi connectivity index (χ0n) is 11.9. The molecule has 1 aliphatic heterocycles. The van der Waals surface area contributed by atoms with Crippen LogP contribution >= 0.6 is 0 Å². The average Bonchev–Trinajstić information content (AvgIpc) is 2.52. The number of hydrogen-bond acceptors (Lipinski definition) is 1. The minimum Gasteiger partial charge on any atom is -0.458 e. The van der Waals surface area contributed by atoms with E-state index in [0.29, 0.717) is 0 Å². The Morgan fingerprint density at radius 1 is 0.714 bits per heavy atom. The molecule has 0 amide bonds. The van der Waals surface area contributed by atoms with Gasteiger partial charge >= 0.3 is 0 Å². The van der Waals surface area contributed by atoms with Gasteiger partial charge in [-0.1, -0.05) is 71.7 Å². The normalized spacial score (nSPS) is 12.3. The van der Waals surface area contributed by atoms with E-state index in [2.05, 4.69) is 55.5 Å². The van der Waals surface area contributed by atoms with E-state index < -0.39 is 0 Å². The molecule has 2 heteroatoms. The summed E-state index contributed by atoms with van der Waals surface area (Å²) in [5.74, 6) is 1.92. The van der Waals surface area contributed by atoms with Gasteiger partial charge in [-0.2, -0.15) is 0 Å². The second kappa shape index (κ2) is 4.82. The van der Waals surface area contributed by atoms with E-state index in [1.54, 1.807) is 0 Å². The third kappa shape index (κ3) is 2.04. The molecule has 0 aliphatic carbocycles. The molecule has 0 saturated heterocycles. The van der Waals surface area contributed by atoms with Crippen LogP contribution in [0.2, 0.25) is 0 Å². The fourth-order valence-electron chi connectivity index (χ4n) is 3.12. The molecule has 0 spiro atoms. The quantitative estimate of drug-likeness (QED) is 0.483. The van der Waals surface area contributed by atoms with E-state index in [9.17, 15) is 0 Å². The summed E-state index contributed by atoms with van der Waals surface area (Å²) in [7, 11) is 0. The molecule has 21 heavy (non-hydrogen) atoms. The van der Waals surface area contributed by atoms with Crippen LogP contribution in [0.1, 0.15) is 5.56 Å². The predicted octanol–water partition coefficient (Wildman–Crippen LogP) is 2.62. The molecule has 0 unspecified atom stereocenters. The Bertz CT molecular complexity index is 764. The highest BCUT2D eigenvalue weighted by Crippen LogP contribution is 2.23. The predicted molar refractivity (Wildman–Crippen MR) is 88.8 cm³/mol. The average molecular weight is 270 g/mol. The molecule has 0 bridgehead atoms. The maximum atomic E-state index is 6.06. The van der Waals surface area contributed by atoms with E-state index in [0.717, 1.165) is 11.5 Å². The van der Waals surface area contributed by atoms with E-state index in [1.807, 2.05) is 24.3 Å². The summed E-state index contributed by atoms with van der Waals surface area (Å²) in [6.07, 6.45) is 0. The lowest BCUT2D eigenvalue weighted by molar-refractivity contribution is 0.487. The lowest BCUT2D eigenvalue weighted by Crippen LogP contribution is -2.54. The molecule has 1 nitrogen and oxygen atoms in total. The van der Waals surface area contributed by atoms with Crippen molar-refractivity contribution in [1.29, 1.82) is 0 Å². The molecule has 0 fully saturated rings. The van der Waals surface area contributed by atoms with Gasteiger partial charge in [-0.05, 0) is 30.0 Å². The Balaban J connectivity index is 1.97. The minimum atomic E-state index is 0.242. The first-order valence-corrected chi connectivity index (χ1v) is 7.25. The number of para-hydroxylation sites is 2. The van der Waals surface area contributed by atoms with Gasteiger partial charge < -0.3 is 4.74 Å². The molecular weight excluding hydrogens is 255 g/mol. The molecule has 1 aliphatic rings. The van der Waals surface area contributed by atoms with Crippen molar-refractivity contribution in [3.05, 3.63) is 78.4 Å². The first-order chi connectivity index (χ1) is 10.3. The van der Waals surface area contributed by atoms with Gasteiger partial charge in [-0.15, -0.1) is 0 Å². The van der Waals surface area contributed by atoms with Crippen molar-refractivity contribution in [3.63, 3.8) is 0 Å². The Morgan fingerprint density at radius 2 is 1.33 bits per heavy atom. The first kappa shape index (κ1) is 12.3. The topological polar surface area (TPSA) is 9.23 Å². The lowest BCUT2D eigenvalue weighted by Gasteiger charge is -2.26. The third-order valence-electron chi connectivity index (χ3n) is 4.06. The van der Waals surface area contributed by atoms with Crippen molar-refractivity contribution in [2.45, 2.75) is 6.92 Å². The molecule has 0 N–H and O–H groups in total. The second-order valence-electron chi connectivity index (χ2n) is 5.52. The van der Waals surface area contributed by atoms with Crippen molar-refractivity contribution in [3.8, 4) is 11.5 Å². The minimum absolute atomic E-state index is 0.242. The van der Waals surface area contributed by atoms with Crippen LogP contribution in [0.25, 0.3) is 0 Å². The Morgan fingerprint density at radius 3 is 1.95 bits per heavy atom. The molecule has 100 valence electrons. The van der Waals surface area contributed by atoms with E-state index in [1.165, 1.54) is 22.0 Å². The molecule has 0 radical (unpaired) electrons. The third-order valence-corrected chi connectivity index (χ3v) is 4.06. The van der Waals surface area contributed by atoms with Crippen molar-refractivity contribution < 1.29 is 4.74 Å². The Hall–Kier alpha value is -2.48. The number of benzene rings is 3. The van der Waals surface area contributed by atoms with Crippen LogP contribution in [-0.2, 0) is 0 Å². The maximum absolute atomic E-state index is 6.06. The largest absolute Gasteiger partial charge is 0.458 e. The summed E-state index contributed by atoms with van der Waals surface area (Å²) in [4.78, 5) is 0. The van der Waals surface area contributed by atoms with Crippen LogP contribution in [0, 0.1) is 6.92 Å². The number of ether oxygens (including phenoxy) is 1. The van der Waals surface area contributed by atoms with Crippen molar-refractivity contribution >= 4 is 23.1 Å². The van der Waals surface area contributed by atoms with Gasteiger partial charge in [-0.3, -0.25) is 0 Å². The van der Waals surface area contributed by atoms with Crippen LogP contribution in [0.3, 0.4) is 0 Å². The number of fused-ring (bicyclic) bond motifs is 2. The summed E-state index contributed by atoms with van der Waals surface area (Å²) in [6.45, 7) is 2.38. The molecule has 1 heterocycles. The fraction of sp³-hybridized carbons (Fsp3) is 0.0526. The first-order valence-electron chi connectivity index (χ1n) is 7.25. The van der Waals surface area contributed by atoms with Crippen molar-refractivity contribution in [2.24, 2.45) is 0 Å². The van der Waals surface area contributed by atoms with Crippen molar-refractivity contribution in [2.75, 3.05) is 0 Å². The van der Waals surface area contributed by atoms with Crippen LogP contribution in [0.4, 0.5) is 0 Å². The molecular formula is C19H15BO. The van der Waals surface area contributed by atoms with E-state index in [4.69, 9.17) is 4.74 Å². The monoisotopic (exact) mass is 270 g/mol. The SMILES string of the molecule is Cc1cccc(B2c3ccccc3Oc3ccccc32)c1. The Labute approximate surface area is 125 Å². The van der Waals surface area contributed by atoms with Gasteiger partial charge in [0.15, 0.2) is 0 Å². The number of aryl methyl sites for hydroxylation is 1. The van der Waals surface area contributed by atoms with Crippen LogP contribution in [0.15, 0.2) is 72.8 Å². The van der Waals surface area contributed by atoms with E-state index in [-0.39, 0.29) is 6.71 Å². The number of hydrogen-bond donors (Lipinski definition) is 0. The lowest BCUT2D eigenvalue weighted by atomic mass is 9.36. The zero-order valence-corrected chi connectivity index (χ0v) is 11.9. The fourth-order valence-corrected chi connectivity index (χ4v) is 3.12. The van der Waals surface area contributed by atoms with Crippen molar-refractivity contribution in [1.82, 2.24) is 0 Å². The van der Waals surface area contributed by atoms with Gasteiger partial charge in [0.25, 0.3) is 6.71 Å².